The van der Waals surface area contributed by atoms with Crippen LogP contribution in [0.3, 0.4) is 0 Å². The van der Waals surface area contributed by atoms with Crippen molar-refractivity contribution in [1.82, 2.24) is 29.7 Å². The van der Waals surface area contributed by atoms with E-state index in [1.807, 2.05) is 45.2 Å². The van der Waals surface area contributed by atoms with Crippen LogP contribution < -0.4 is 9.64 Å². The summed E-state index contributed by atoms with van der Waals surface area (Å²) in [4.78, 5) is 15.0. The minimum absolute atomic E-state index is 0.164. The molecule has 2 aliphatic carbocycles. The molecule has 1 aromatic carbocycles. The van der Waals surface area contributed by atoms with Crippen LogP contribution in [0, 0.1) is 0 Å². The molecule has 2 aliphatic rings. The lowest BCUT2D eigenvalue weighted by atomic mass is 10.1. The van der Waals surface area contributed by atoms with Crippen molar-refractivity contribution < 1.29 is 17.9 Å². The monoisotopic (exact) mass is 563 g/mol. The van der Waals surface area contributed by atoms with Crippen LogP contribution in [0.1, 0.15) is 80.1 Å². The third kappa shape index (κ3) is 5.49. The van der Waals surface area contributed by atoms with Gasteiger partial charge in [0.25, 0.3) is 0 Å². The third-order valence-corrected chi connectivity index (χ3v) is 7.64. The minimum Gasteiger partial charge on any atom is -0.480 e. The molecule has 8 nitrogen and oxygen atoms in total. The zero-order valence-corrected chi connectivity index (χ0v) is 23.5. The van der Waals surface area contributed by atoms with E-state index in [0.717, 1.165) is 60.1 Å². The fraction of sp³-hybridized carbons (Fsp3) is 0.433. The van der Waals surface area contributed by atoms with Gasteiger partial charge in [0.05, 0.1) is 29.7 Å². The van der Waals surface area contributed by atoms with Crippen LogP contribution >= 0.6 is 0 Å². The number of anilines is 1. The number of alkyl halides is 3. The van der Waals surface area contributed by atoms with Gasteiger partial charge in [0.2, 0.25) is 5.88 Å². The Hall–Kier alpha value is -4.02. The lowest BCUT2D eigenvalue weighted by Crippen LogP contribution is -2.19. The van der Waals surface area contributed by atoms with Crippen molar-refractivity contribution >= 4 is 5.69 Å². The van der Waals surface area contributed by atoms with E-state index in [4.69, 9.17) is 4.74 Å². The maximum Gasteiger partial charge on any atom is 0.434 e. The first kappa shape index (κ1) is 27.2. The highest BCUT2D eigenvalue weighted by Gasteiger charge is 2.36. The molecule has 0 amide bonds. The predicted octanol–water partition coefficient (Wildman–Crippen LogP) is 6.80. The van der Waals surface area contributed by atoms with Crippen molar-refractivity contribution in [1.29, 1.82) is 0 Å². The second-order valence-electron chi connectivity index (χ2n) is 11.2. The Kier molecular flexibility index (Phi) is 6.91. The molecule has 214 valence electrons. The summed E-state index contributed by atoms with van der Waals surface area (Å²) in [5, 5.41) is 9.27. The number of nitrogens with zero attached hydrogens (tertiary/aromatic N) is 7. The van der Waals surface area contributed by atoms with E-state index in [9.17, 15) is 13.2 Å². The van der Waals surface area contributed by atoms with Gasteiger partial charge in [-0.25, -0.2) is 15.0 Å². The Morgan fingerprint density at radius 1 is 1.00 bits per heavy atom. The van der Waals surface area contributed by atoms with Gasteiger partial charge >= 0.3 is 6.18 Å². The molecule has 4 aromatic rings. The van der Waals surface area contributed by atoms with Crippen LogP contribution in [0.5, 0.6) is 5.88 Å². The quantitative estimate of drug-likeness (QED) is 0.222. The van der Waals surface area contributed by atoms with E-state index < -0.39 is 11.9 Å². The number of hydrogen-bond acceptors (Lipinski definition) is 7. The molecule has 0 radical (unpaired) electrons. The van der Waals surface area contributed by atoms with Gasteiger partial charge in [0.15, 0.2) is 5.69 Å². The molecule has 0 aliphatic heterocycles. The van der Waals surface area contributed by atoms with E-state index in [0.29, 0.717) is 41.3 Å². The van der Waals surface area contributed by atoms with Gasteiger partial charge in [-0.05, 0) is 51.2 Å². The van der Waals surface area contributed by atoms with E-state index in [-0.39, 0.29) is 6.04 Å². The Balaban J connectivity index is 1.30. The first-order valence-corrected chi connectivity index (χ1v) is 13.9. The number of benzene rings is 1. The molecule has 0 unspecified atom stereocenters. The van der Waals surface area contributed by atoms with Crippen LogP contribution in [0.4, 0.5) is 18.9 Å². The Bertz CT molecular complexity index is 1560. The van der Waals surface area contributed by atoms with Crippen molar-refractivity contribution in [2.45, 2.75) is 70.1 Å². The predicted molar refractivity (Wildman–Crippen MR) is 149 cm³/mol. The lowest BCUT2D eigenvalue weighted by Gasteiger charge is -2.23. The Morgan fingerprint density at radius 2 is 1.68 bits per heavy atom. The van der Waals surface area contributed by atoms with Gasteiger partial charge in [-0.3, -0.25) is 0 Å². The summed E-state index contributed by atoms with van der Waals surface area (Å²) < 4.78 is 47.2. The Labute approximate surface area is 236 Å². The molecule has 41 heavy (non-hydrogen) atoms. The van der Waals surface area contributed by atoms with Gasteiger partial charge in [-0.2, -0.15) is 18.3 Å². The molecule has 0 spiro atoms. The van der Waals surface area contributed by atoms with Gasteiger partial charge in [0, 0.05) is 43.2 Å². The fourth-order valence-corrected chi connectivity index (χ4v) is 5.17. The molecule has 11 heteroatoms. The summed E-state index contributed by atoms with van der Waals surface area (Å²) in [6.07, 6.45) is 2.45. The second-order valence-corrected chi connectivity index (χ2v) is 11.2. The number of hydrogen-bond donors (Lipinski definition) is 0. The van der Waals surface area contributed by atoms with Crippen LogP contribution in [0.2, 0.25) is 0 Å². The van der Waals surface area contributed by atoms with Gasteiger partial charge in [-0.1, -0.05) is 24.3 Å². The van der Waals surface area contributed by atoms with Crippen LogP contribution in [0.15, 0.2) is 42.9 Å². The normalized spacial score (nSPS) is 15.4. The Morgan fingerprint density at radius 3 is 2.29 bits per heavy atom. The summed E-state index contributed by atoms with van der Waals surface area (Å²) >= 11 is 0. The number of rotatable bonds is 9. The van der Waals surface area contributed by atoms with E-state index in [1.54, 1.807) is 11.7 Å². The zero-order chi connectivity index (χ0) is 28.9. The molecular formula is C30H32F3N7O. The molecule has 2 saturated carbocycles. The van der Waals surface area contributed by atoms with Crippen molar-refractivity contribution in [3.63, 3.8) is 0 Å². The number of aromatic nitrogens is 6. The summed E-state index contributed by atoms with van der Waals surface area (Å²) in [6.45, 7) is 4.26. The van der Waals surface area contributed by atoms with E-state index in [1.165, 1.54) is 6.33 Å². The van der Waals surface area contributed by atoms with Crippen LogP contribution in [-0.4, -0.2) is 43.9 Å². The molecule has 6 rings (SSSR count). The highest BCUT2D eigenvalue weighted by molar-refractivity contribution is 5.72. The average Bonchev–Trinajstić information content (AvgIpc) is 3.89. The highest BCUT2D eigenvalue weighted by Crippen LogP contribution is 2.47. The van der Waals surface area contributed by atoms with Gasteiger partial charge < -0.3 is 14.2 Å². The van der Waals surface area contributed by atoms with E-state index >= 15 is 0 Å². The molecule has 0 bridgehead atoms. The van der Waals surface area contributed by atoms with Gasteiger partial charge in [-0.15, -0.1) is 5.10 Å². The summed E-state index contributed by atoms with van der Waals surface area (Å²) in [7, 11) is 3.62. The molecule has 0 saturated heterocycles. The lowest BCUT2D eigenvalue weighted by molar-refractivity contribution is -0.140. The molecule has 3 heterocycles. The summed E-state index contributed by atoms with van der Waals surface area (Å²) in [5.41, 5.74) is 5.14. The largest absolute Gasteiger partial charge is 0.480 e. The molecule has 2 fully saturated rings. The van der Waals surface area contributed by atoms with E-state index in [2.05, 4.69) is 36.1 Å². The molecular weight excluding hydrogens is 531 g/mol. The van der Waals surface area contributed by atoms with Gasteiger partial charge in [0.1, 0.15) is 17.8 Å². The SMILES string of the molecule is COc1ncnc(C2CC2)c1-c1cc(N(C)Cc2ccc(-c3nc(C(F)(F)F)cn3C(C)C)cc2)c(C2CC2)nn1. The maximum absolute atomic E-state index is 13.4. The number of imidazole rings is 1. The maximum atomic E-state index is 13.4. The topological polar surface area (TPSA) is 81.9 Å². The van der Waals surface area contributed by atoms with Crippen molar-refractivity contribution in [3.8, 4) is 28.5 Å². The van der Waals surface area contributed by atoms with Crippen molar-refractivity contribution in [3.05, 3.63) is 65.5 Å². The smallest absolute Gasteiger partial charge is 0.434 e. The van der Waals surface area contributed by atoms with Crippen LogP contribution in [0.25, 0.3) is 22.6 Å². The second kappa shape index (κ2) is 10.4. The number of methoxy groups -OCH3 is 1. The zero-order valence-electron chi connectivity index (χ0n) is 23.5. The summed E-state index contributed by atoms with van der Waals surface area (Å²) in [5.74, 6) is 1.56. The van der Waals surface area contributed by atoms with Crippen molar-refractivity contribution in [2.75, 3.05) is 19.1 Å². The minimum atomic E-state index is -4.50. The number of halogens is 3. The van der Waals surface area contributed by atoms with Crippen LogP contribution in [-0.2, 0) is 12.7 Å². The molecule has 0 N–H and O–H groups in total. The molecule has 3 aromatic heterocycles. The summed E-state index contributed by atoms with van der Waals surface area (Å²) in [6, 6.07) is 9.42. The average molecular weight is 564 g/mol. The number of ether oxygens (including phenoxy) is 1. The first-order valence-electron chi connectivity index (χ1n) is 13.9. The van der Waals surface area contributed by atoms with Crippen molar-refractivity contribution in [2.24, 2.45) is 0 Å². The highest BCUT2D eigenvalue weighted by atomic mass is 19.4. The fourth-order valence-electron chi connectivity index (χ4n) is 5.17. The standard InChI is InChI=1S/C30H32F3N7O/c1-17(2)40-15-24(30(31,32)33)36-28(40)21-7-5-18(6-8-21)14-39(3)23-13-22(37-38-26(23)19-9-10-19)25-27(20-11-12-20)34-16-35-29(25)41-4/h5-8,13,15-17,19-20H,9-12,14H2,1-4H3. The molecule has 0 atom stereocenters. The third-order valence-electron chi connectivity index (χ3n) is 7.64. The first-order chi connectivity index (χ1) is 19.6.